The molecule has 2 aromatic carbocycles. The van der Waals surface area contributed by atoms with Crippen LogP contribution in [0.4, 0.5) is 5.69 Å². The number of aromatic amines is 1. The third-order valence-electron chi connectivity index (χ3n) is 5.49. The maximum absolute atomic E-state index is 12.8. The van der Waals surface area contributed by atoms with Gasteiger partial charge < -0.3 is 20.9 Å². The number of anilines is 1. The highest BCUT2D eigenvalue weighted by Gasteiger charge is 2.28. The molecule has 8 nitrogen and oxygen atoms in total. The van der Waals surface area contributed by atoms with Gasteiger partial charge in [0.15, 0.2) is 0 Å². The Hall–Kier alpha value is -3.68. The quantitative estimate of drug-likeness (QED) is 0.457. The molecule has 1 aliphatic heterocycles. The fourth-order valence-corrected chi connectivity index (χ4v) is 3.90. The molecule has 2 atom stereocenters. The van der Waals surface area contributed by atoms with Crippen LogP contribution in [0.3, 0.4) is 0 Å². The summed E-state index contributed by atoms with van der Waals surface area (Å²) in [6.07, 6.45) is 1.02. The molecule has 0 saturated carbocycles. The van der Waals surface area contributed by atoms with Crippen LogP contribution >= 0.6 is 0 Å². The van der Waals surface area contributed by atoms with E-state index in [1.165, 1.54) is 0 Å². The van der Waals surface area contributed by atoms with E-state index in [1.807, 2.05) is 24.3 Å². The molecule has 4 rings (SSSR count). The molecular weight excluding hydrogens is 406 g/mol. The van der Waals surface area contributed by atoms with Gasteiger partial charge in [-0.15, -0.1) is 0 Å². The zero-order valence-electron chi connectivity index (χ0n) is 18.1. The van der Waals surface area contributed by atoms with Crippen LogP contribution in [0.1, 0.15) is 55.3 Å². The summed E-state index contributed by atoms with van der Waals surface area (Å²) in [5.41, 5.74) is 2.66. The number of hydrogen-bond donors (Lipinski definition) is 4. The van der Waals surface area contributed by atoms with Crippen molar-refractivity contribution in [3.05, 3.63) is 59.9 Å². The number of amides is 3. The molecule has 0 fully saturated rings. The van der Waals surface area contributed by atoms with Crippen LogP contribution in [0.5, 0.6) is 0 Å². The van der Waals surface area contributed by atoms with Crippen LogP contribution in [0.15, 0.2) is 48.5 Å². The summed E-state index contributed by atoms with van der Waals surface area (Å²) in [5.74, 6) is 0.208. The Morgan fingerprint density at radius 2 is 1.84 bits per heavy atom. The van der Waals surface area contributed by atoms with Crippen LogP contribution in [-0.2, 0) is 9.59 Å². The van der Waals surface area contributed by atoms with Gasteiger partial charge in [-0.1, -0.05) is 38.1 Å². The lowest BCUT2D eigenvalue weighted by Gasteiger charge is -2.20. The SMILES string of the molecule is CC(C)C[C@H](NC(=O)CC[C@H]1NC(=O)c2ccccc2NC1=O)c1nc2ccccc2[nH]1. The Bertz CT molecular complexity index is 1120. The summed E-state index contributed by atoms with van der Waals surface area (Å²) >= 11 is 0. The molecule has 0 radical (unpaired) electrons. The number of hydrogen-bond acceptors (Lipinski definition) is 4. The van der Waals surface area contributed by atoms with E-state index < -0.39 is 6.04 Å². The average Bonchev–Trinajstić information content (AvgIpc) is 3.15. The lowest BCUT2D eigenvalue weighted by Crippen LogP contribution is -2.42. The van der Waals surface area contributed by atoms with Crippen molar-refractivity contribution in [1.29, 1.82) is 0 Å². The van der Waals surface area contributed by atoms with E-state index in [-0.39, 0.29) is 36.6 Å². The maximum atomic E-state index is 12.8. The molecular formula is C24H27N5O3. The normalized spacial score (nSPS) is 16.8. The van der Waals surface area contributed by atoms with Crippen molar-refractivity contribution in [3.63, 3.8) is 0 Å². The van der Waals surface area contributed by atoms with E-state index in [4.69, 9.17) is 0 Å². The largest absolute Gasteiger partial charge is 0.346 e. The third-order valence-corrected chi connectivity index (χ3v) is 5.49. The van der Waals surface area contributed by atoms with E-state index in [9.17, 15) is 14.4 Å². The molecule has 2 heterocycles. The molecule has 3 aromatic rings. The minimum Gasteiger partial charge on any atom is -0.346 e. The van der Waals surface area contributed by atoms with E-state index in [2.05, 4.69) is 39.8 Å². The fraction of sp³-hybridized carbons (Fsp3) is 0.333. The number of nitrogens with zero attached hydrogens (tertiary/aromatic N) is 1. The molecule has 3 amide bonds. The van der Waals surface area contributed by atoms with Gasteiger partial charge in [0.1, 0.15) is 11.9 Å². The van der Waals surface area contributed by atoms with Gasteiger partial charge in [0, 0.05) is 6.42 Å². The summed E-state index contributed by atoms with van der Waals surface area (Å²) in [6.45, 7) is 4.18. The molecule has 32 heavy (non-hydrogen) atoms. The topological polar surface area (TPSA) is 116 Å². The highest BCUT2D eigenvalue weighted by molar-refractivity contribution is 6.09. The predicted octanol–water partition coefficient (Wildman–Crippen LogP) is 3.30. The van der Waals surface area contributed by atoms with Crippen molar-refractivity contribution in [2.24, 2.45) is 5.92 Å². The minimum absolute atomic E-state index is 0.101. The summed E-state index contributed by atoms with van der Waals surface area (Å²) in [6, 6.07) is 13.5. The molecule has 166 valence electrons. The van der Waals surface area contributed by atoms with Gasteiger partial charge in [-0.3, -0.25) is 14.4 Å². The number of carbonyl (C=O) groups is 3. The van der Waals surface area contributed by atoms with Gasteiger partial charge in [0.25, 0.3) is 5.91 Å². The van der Waals surface area contributed by atoms with Crippen molar-refractivity contribution >= 4 is 34.4 Å². The Labute approximate surface area is 186 Å². The molecule has 1 aromatic heterocycles. The monoisotopic (exact) mass is 433 g/mol. The van der Waals surface area contributed by atoms with Crippen molar-refractivity contribution < 1.29 is 14.4 Å². The highest BCUT2D eigenvalue weighted by atomic mass is 16.2. The standard InChI is InChI=1S/C24H27N5O3/c1-14(2)13-20(22-26-17-9-5-6-10-18(17)27-22)25-21(30)12-11-19-24(32)28-16-8-4-3-7-15(16)23(31)29-19/h3-10,14,19-20H,11-13H2,1-2H3,(H,25,30)(H,26,27)(H,28,32)(H,29,31)/t19-,20+/m1/s1. The van der Waals surface area contributed by atoms with Crippen LogP contribution in [0.2, 0.25) is 0 Å². The number of aromatic nitrogens is 2. The van der Waals surface area contributed by atoms with E-state index >= 15 is 0 Å². The van der Waals surface area contributed by atoms with Gasteiger partial charge in [0.2, 0.25) is 11.8 Å². The predicted molar refractivity (Wildman–Crippen MR) is 122 cm³/mol. The first kappa shape index (κ1) is 21.5. The molecule has 0 unspecified atom stereocenters. The van der Waals surface area contributed by atoms with Crippen LogP contribution in [0.25, 0.3) is 11.0 Å². The van der Waals surface area contributed by atoms with Gasteiger partial charge in [-0.05, 0) is 43.0 Å². The molecule has 8 heteroatoms. The Kier molecular flexibility index (Phi) is 6.20. The number of para-hydroxylation sites is 3. The molecule has 0 bridgehead atoms. The van der Waals surface area contributed by atoms with Crippen molar-refractivity contribution in [1.82, 2.24) is 20.6 Å². The Morgan fingerprint density at radius 3 is 2.62 bits per heavy atom. The van der Waals surface area contributed by atoms with Crippen LogP contribution in [-0.4, -0.2) is 33.7 Å². The van der Waals surface area contributed by atoms with Gasteiger partial charge in [-0.25, -0.2) is 4.98 Å². The first-order valence-electron chi connectivity index (χ1n) is 10.9. The lowest BCUT2D eigenvalue weighted by molar-refractivity contribution is -0.122. The lowest BCUT2D eigenvalue weighted by atomic mass is 10.0. The van der Waals surface area contributed by atoms with E-state index in [0.717, 1.165) is 17.5 Å². The first-order chi connectivity index (χ1) is 15.4. The second kappa shape index (κ2) is 9.21. The van der Waals surface area contributed by atoms with Crippen molar-refractivity contribution in [3.8, 4) is 0 Å². The number of rotatable bonds is 7. The van der Waals surface area contributed by atoms with E-state index in [0.29, 0.717) is 23.0 Å². The van der Waals surface area contributed by atoms with Gasteiger partial charge >= 0.3 is 0 Å². The number of H-pyrrole nitrogens is 1. The Balaban J connectivity index is 1.41. The summed E-state index contributed by atoms with van der Waals surface area (Å²) in [7, 11) is 0. The second-order valence-corrected chi connectivity index (χ2v) is 8.49. The highest BCUT2D eigenvalue weighted by Crippen LogP contribution is 2.23. The van der Waals surface area contributed by atoms with Gasteiger partial charge in [-0.2, -0.15) is 0 Å². The van der Waals surface area contributed by atoms with E-state index in [1.54, 1.807) is 24.3 Å². The summed E-state index contributed by atoms with van der Waals surface area (Å²) < 4.78 is 0. The molecule has 1 aliphatic rings. The number of nitrogens with one attached hydrogen (secondary N) is 4. The summed E-state index contributed by atoms with van der Waals surface area (Å²) in [4.78, 5) is 45.7. The van der Waals surface area contributed by atoms with Crippen molar-refractivity contribution in [2.75, 3.05) is 5.32 Å². The number of fused-ring (bicyclic) bond motifs is 2. The third kappa shape index (κ3) is 4.80. The first-order valence-corrected chi connectivity index (χ1v) is 10.9. The smallest absolute Gasteiger partial charge is 0.254 e. The van der Waals surface area contributed by atoms with Gasteiger partial charge in [0.05, 0.1) is 28.3 Å². The fourth-order valence-electron chi connectivity index (χ4n) is 3.90. The second-order valence-electron chi connectivity index (χ2n) is 8.49. The summed E-state index contributed by atoms with van der Waals surface area (Å²) in [5, 5.41) is 8.54. The molecule has 4 N–H and O–H groups in total. The minimum atomic E-state index is -0.782. The number of carbonyl (C=O) groups excluding carboxylic acids is 3. The molecule has 0 spiro atoms. The zero-order chi connectivity index (χ0) is 22.7. The average molecular weight is 434 g/mol. The number of benzene rings is 2. The van der Waals surface area contributed by atoms with Crippen molar-refractivity contribution in [2.45, 2.75) is 45.2 Å². The number of imidazole rings is 1. The van der Waals surface area contributed by atoms with Crippen LogP contribution in [0, 0.1) is 5.92 Å². The Morgan fingerprint density at radius 1 is 1.09 bits per heavy atom. The van der Waals surface area contributed by atoms with Crippen LogP contribution < -0.4 is 16.0 Å². The molecule has 0 saturated heterocycles. The molecule has 0 aliphatic carbocycles. The maximum Gasteiger partial charge on any atom is 0.254 e. The zero-order valence-corrected chi connectivity index (χ0v) is 18.1.